The number of benzene rings is 2. The number of sulfonamides is 1. The zero-order valence-corrected chi connectivity index (χ0v) is 23.1. The van der Waals surface area contributed by atoms with E-state index in [0.717, 1.165) is 5.56 Å². The van der Waals surface area contributed by atoms with E-state index in [1.807, 2.05) is 6.92 Å². The average Bonchev–Trinajstić information content (AvgIpc) is 2.82. The molecule has 0 spiro atoms. The molecular formula is C25H33N5O6S. The van der Waals surface area contributed by atoms with Gasteiger partial charge in [-0.3, -0.25) is 4.79 Å². The summed E-state index contributed by atoms with van der Waals surface area (Å²) >= 11 is 0. The molecule has 1 unspecified atom stereocenters. The van der Waals surface area contributed by atoms with Crippen molar-refractivity contribution in [2.45, 2.75) is 38.1 Å². The van der Waals surface area contributed by atoms with Crippen LogP contribution in [-0.4, -0.2) is 70.6 Å². The van der Waals surface area contributed by atoms with Gasteiger partial charge < -0.3 is 29.4 Å². The molecule has 0 saturated heterocycles. The first-order chi connectivity index (χ1) is 17.4. The number of aryl methyl sites for hydroxylation is 1. The summed E-state index contributed by atoms with van der Waals surface area (Å²) in [5, 5.41) is 3.60. The van der Waals surface area contributed by atoms with Gasteiger partial charge >= 0.3 is 0 Å². The predicted octanol–water partition coefficient (Wildman–Crippen LogP) is 2.97. The molecule has 2 aromatic carbocycles. The molecular weight excluding hydrogens is 498 g/mol. The summed E-state index contributed by atoms with van der Waals surface area (Å²) in [6.07, 6.45) is 0.440. The summed E-state index contributed by atoms with van der Waals surface area (Å²) in [7, 11) is 3.90. The maximum absolute atomic E-state index is 13.0. The largest absolute Gasteiger partial charge is 0.495 e. The van der Waals surface area contributed by atoms with Gasteiger partial charge in [-0.15, -0.1) is 4.40 Å². The first-order valence-electron chi connectivity index (χ1n) is 11.5. The van der Waals surface area contributed by atoms with Gasteiger partial charge in [0.15, 0.2) is 11.5 Å². The number of methoxy groups -OCH3 is 3. The minimum absolute atomic E-state index is 0.0188. The predicted molar refractivity (Wildman–Crippen MR) is 144 cm³/mol. The molecule has 0 aliphatic rings. The first-order valence-corrected chi connectivity index (χ1v) is 12.9. The molecule has 0 amide bonds. The molecule has 0 saturated carbocycles. The van der Waals surface area contributed by atoms with E-state index in [4.69, 9.17) is 14.2 Å². The van der Waals surface area contributed by atoms with Crippen LogP contribution in [0.3, 0.4) is 0 Å². The van der Waals surface area contributed by atoms with E-state index in [-0.39, 0.29) is 22.6 Å². The van der Waals surface area contributed by atoms with Crippen molar-refractivity contribution in [1.82, 2.24) is 14.9 Å². The number of fused-ring (bicyclic) bond motifs is 1. The van der Waals surface area contributed by atoms with Crippen LogP contribution in [0.2, 0.25) is 0 Å². The second-order valence-corrected chi connectivity index (χ2v) is 10.4. The lowest BCUT2D eigenvalue weighted by Crippen LogP contribution is -2.23. The molecule has 0 aliphatic heterocycles. The second-order valence-electron chi connectivity index (χ2n) is 8.79. The Hall–Kier alpha value is -3.80. The smallest absolute Gasteiger partial charge is 0.287 e. The summed E-state index contributed by atoms with van der Waals surface area (Å²) in [5.41, 5.74) is 1.51. The first kappa shape index (κ1) is 27.8. The highest BCUT2D eigenvalue weighted by Gasteiger charge is 2.21. The van der Waals surface area contributed by atoms with Crippen molar-refractivity contribution in [2.24, 2.45) is 4.40 Å². The molecule has 37 heavy (non-hydrogen) atoms. The molecule has 0 radical (unpaired) electrons. The molecule has 11 nitrogen and oxygen atoms in total. The van der Waals surface area contributed by atoms with E-state index >= 15 is 0 Å². The fourth-order valence-corrected chi connectivity index (χ4v) is 5.24. The van der Waals surface area contributed by atoms with Crippen LogP contribution >= 0.6 is 0 Å². The van der Waals surface area contributed by atoms with Crippen molar-refractivity contribution in [3.05, 3.63) is 45.7 Å². The normalized spacial score (nSPS) is 12.8. The third-order valence-corrected chi connectivity index (χ3v) is 7.30. The molecule has 3 aromatic rings. The Balaban J connectivity index is 1.91. The van der Waals surface area contributed by atoms with Crippen molar-refractivity contribution < 1.29 is 22.6 Å². The maximum Gasteiger partial charge on any atom is 0.287 e. The lowest BCUT2D eigenvalue weighted by Gasteiger charge is -2.17. The maximum atomic E-state index is 13.0. The van der Waals surface area contributed by atoms with Gasteiger partial charge in [0.05, 0.1) is 32.2 Å². The molecule has 2 N–H and O–H groups in total. The Morgan fingerprint density at radius 1 is 1.14 bits per heavy atom. The Morgan fingerprint density at radius 2 is 1.81 bits per heavy atom. The average molecular weight is 532 g/mol. The third kappa shape index (κ3) is 5.96. The number of hydrogen-bond acceptors (Lipinski definition) is 8. The van der Waals surface area contributed by atoms with Crippen molar-refractivity contribution in [2.75, 3.05) is 40.7 Å². The summed E-state index contributed by atoms with van der Waals surface area (Å²) < 4.78 is 45.9. The van der Waals surface area contributed by atoms with Gasteiger partial charge in [0.25, 0.3) is 15.6 Å². The van der Waals surface area contributed by atoms with Crippen LogP contribution in [0.1, 0.15) is 25.0 Å². The molecule has 1 aromatic heterocycles. The van der Waals surface area contributed by atoms with E-state index in [1.54, 1.807) is 57.1 Å². The number of hydrogen-bond donors (Lipinski definition) is 2. The molecule has 0 fully saturated rings. The summed E-state index contributed by atoms with van der Waals surface area (Å²) in [4.78, 5) is 21.7. The lowest BCUT2D eigenvalue weighted by atomic mass is 10.1. The van der Waals surface area contributed by atoms with Crippen molar-refractivity contribution in [3.8, 4) is 17.2 Å². The van der Waals surface area contributed by atoms with Crippen LogP contribution < -0.4 is 25.1 Å². The highest BCUT2D eigenvalue weighted by Crippen LogP contribution is 2.35. The van der Waals surface area contributed by atoms with Gasteiger partial charge in [-0.1, -0.05) is 6.07 Å². The van der Waals surface area contributed by atoms with Crippen molar-refractivity contribution in [3.63, 3.8) is 0 Å². The molecule has 0 bridgehead atoms. The monoisotopic (exact) mass is 531 g/mol. The standard InChI is InChI=1S/C25H33N5O6S/c1-14(11-17-9-10-19(34-6)21(12-17)37(32,33)29-16(3)30(4)5)26-25-27-18-13-20(35-7)23(36-8)15(2)22(18)24(31)28-25/h9-10,12-14H,11H2,1-8H3,(H2,26,27,28,31)/b29-16+. The molecule has 1 heterocycles. The molecule has 12 heteroatoms. The number of anilines is 1. The van der Waals surface area contributed by atoms with Crippen LogP contribution in [0.15, 0.2) is 38.4 Å². The van der Waals surface area contributed by atoms with E-state index in [9.17, 15) is 13.2 Å². The Kier molecular flexibility index (Phi) is 8.32. The number of rotatable bonds is 9. The van der Waals surface area contributed by atoms with Crippen LogP contribution in [0.5, 0.6) is 17.2 Å². The minimum atomic E-state index is -3.99. The third-order valence-electron chi connectivity index (χ3n) is 5.92. The number of nitrogens with one attached hydrogen (secondary N) is 2. The van der Waals surface area contributed by atoms with Crippen LogP contribution in [0.4, 0.5) is 5.95 Å². The van der Waals surface area contributed by atoms with E-state index < -0.39 is 15.6 Å². The fourth-order valence-electron chi connectivity index (χ4n) is 3.92. The quantitative estimate of drug-likeness (QED) is 0.315. The zero-order chi connectivity index (χ0) is 27.5. The van der Waals surface area contributed by atoms with Gasteiger partial charge in [0.1, 0.15) is 16.5 Å². The second kappa shape index (κ2) is 11.1. The van der Waals surface area contributed by atoms with Gasteiger partial charge in [-0.05, 0) is 44.9 Å². The topological polar surface area (TPSA) is 135 Å². The van der Waals surface area contributed by atoms with Gasteiger partial charge in [0.2, 0.25) is 5.95 Å². The summed E-state index contributed by atoms with van der Waals surface area (Å²) in [6, 6.07) is 6.42. The Labute approximate surface area is 216 Å². The Bertz CT molecular complexity index is 1500. The van der Waals surface area contributed by atoms with Crippen LogP contribution in [0.25, 0.3) is 10.9 Å². The number of amidine groups is 1. The minimum Gasteiger partial charge on any atom is -0.495 e. The molecule has 0 aliphatic carbocycles. The molecule has 200 valence electrons. The van der Waals surface area contributed by atoms with Crippen LogP contribution in [0, 0.1) is 6.92 Å². The highest BCUT2D eigenvalue weighted by atomic mass is 32.2. The van der Waals surface area contributed by atoms with Gasteiger partial charge in [0, 0.05) is 31.8 Å². The molecule has 3 rings (SSSR count). The molecule has 1 atom stereocenters. The number of aromatic nitrogens is 2. The Morgan fingerprint density at radius 3 is 2.41 bits per heavy atom. The number of aromatic amines is 1. The summed E-state index contributed by atoms with van der Waals surface area (Å²) in [6.45, 7) is 5.29. The summed E-state index contributed by atoms with van der Waals surface area (Å²) in [5.74, 6) is 1.81. The zero-order valence-electron chi connectivity index (χ0n) is 22.3. The van der Waals surface area contributed by atoms with Crippen molar-refractivity contribution in [1.29, 1.82) is 0 Å². The van der Waals surface area contributed by atoms with Gasteiger partial charge in [-0.2, -0.15) is 13.4 Å². The van der Waals surface area contributed by atoms with Crippen molar-refractivity contribution >= 4 is 32.7 Å². The van der Waals surface area contributed by atoms with E-state index in [0.29, 0.717) is 40.2 Å². The number of ether oxygens (including phenoxy) is 3. The van der Waals surface area contributed by atoms with Gasteiger partial charge in [-0.25, -0.2) is 0 Å². The number of H-pyrrole nitrogens is 1. The highest BCUT2D eigenvalue weighted by molar-refractivity contribution is 7.90. The lowest BCUT2D eigenvalue weighted by molar-refractivity contribution is 0.354. The SMILES string of the molecule is COc1ccc(CC(C)Nc2nc(=O)c3c(C)c(OC)c(OC)cc3[nH]2)cc1S(=O)(=O)/N=C(\C)N(C)C. The number of nitrogens with zero attached hydrogens (tertiary/aromatic N) is 3. The fraction of sp³-hybridized carbons (Fsp3) is 0.400. The van der Waals surface area contributed by atoms with E-state index in [1.165, 1.54) is 21.3 Å². The van der Waals surface area contributed by atoms with Crippen LogP contribution in [-0.2, 0) is 16.4 Å². The van der Waals surface area contributed by atoms with E-state index in [2.05, 4.69) is 19.7 Å².